The minimum Gasteiger partial charge on any atom is -0.475 e. The molecule has 1 aromatic rings. The Morgan fingerprint density at radius 1 is 1.44 bits per heavy atom. The molecule has 0 fully saturated rings. The fraction of sp³-hybridized carbons (Fsp3) is 0.636. The quantitative estimate of drug-likeness (QED) is 0.716. The summed E-state index contributed by atoms with van der Waals surface area (Å²) in [7, 11) is 0. The molecule has 0 aliphatic carbocycles. The molecule has 1 rings (SSSR count). The van der Waals surface area contributed by atoms with E-state index in [0.717, 1.165) is 5.69 Å². The summed E-state index contributed by atoms with van der Waals surface area (Å²) < 4.78 is 5.50. The Hall–Kier alpha value is -1.36. The van der Waals surface area contributed by atoms with E-state index in [-0.39, 0.29) is 12.7 Å². The highest BCUT2D eigenvalue weighted by Crippen LogP contribution is 2.13. The molecule has 0 saturated carbocycles. The summed E-state index contributed by atoms with van der Waals surface area (Å²) >= 11 is 0. The molecule has 0 amide bonds. The van der Waals surface area contributed by atoms with Crippen molar-refractivity contribution in [2.45, 2.75) is 33.3 Å². The smallest absolute Gasteiger partial charge is 0.226 e. The minimum absolute atomic E-state index is 0.0968. The molecule has 0 radical (unpaired) electrons. The molecule has 90 valence electrons. The van der Waals surface area contributed by atoms with Crippen molar-refractivity contribution in [3.63, 3.8) is 0 Å². The Balaban J connectivity index is 2.65. The normalized spacial score (nSPS) is 10.6. The van der Waals surface area contributed by atoms with E-state index in [2.05, 4.69) is 15.3 Å². The van der Waals surface area contributed by atoms with Gasteiger partial charge in [-0.1, -0.05) is 0 Å². The van der Waals surface area contributed by atoms with Crippen LogP contribution in [0.1, 0.15) is 26.0 Å². The third-order valence-electron chi connectivity index (χ3n) is 1.81. The van der Waals surface area contributed by atoms with Crippen LogP contribution in [0.4, 0.5) is 5.95 Å². The summed E-state index contributed by atoms with van der Waals surface area (Å²) in [4.78, 5) is 8.45. The molecule has 0 saturated heterocycles. The van der Waals surface area contributed by atoms with Crippen LogP contribution in [0.15, 0.2) is 6.07 Å². The topological polar surface area (TPSA) is 67.3 Å². The van der Waals surface area contributed by atoms with E-state index in [1.807, 2.05) is 20.8 Å². The summed E-state index contributed by atoms with van der Waals surface area (Å²) in [5, 5.41) is 11.7. The molecule has 16 heavy (non-hydrogen) atoms. The third-order valence-corrected chi connectivity index (χ3v) is 1.81. The number of nitrogens with zero attached hydrogens (tertiary/aromatic N) is 2. The molecule has 0 aliphatic rings. The van der Waals surface area contributed by atoms with E-state index < -0.39 is 0 Å². The number of aliphatic hydroxyl groups excluding tert-OH is 1. The highest BCUT2D eigenvalue weighted by Gasteiger charge is 2.04. The Labute approximate surface area is 95.9 Å². The molecule has 0 atom stereocenters. The largest absolute Gasteiger partial charge is 0.475 e. The van der Waals surface area contributed by atoms with Crippen LogP contribution < -0.4 is 10.1 Å². The second kappa shape index (κ2) is 6.27. The van der Waals surface area contributed by atoms with Crippen LogP contribution in [0.2, 0.25) is 0 Å². The first kappa shape index (κ1) is 12.7. The van der Waals surface area contributed by atoms with Gasteiger partial charge in [0.05, 0.1) is 6.10 Å². The molecular weight excluding hydrogens is 206 g/mol. The third kappa shape index (κ3) is 4.44. The Morgan fingerprint density at radius 3 is 2.81 bits per heavy atom. The fourth-order valence-corrected chi connectivity index (χ4v) is 1.20. The van der Waals surface area contributed by atoms with Crippen molar-refractivity contribution in [2.75, 3.05) is 18.5 Å². The fourth-order valence-electron chi connectivity index (χ4n) is 1.20. The Kier molecular flexibility index (Phi) is 4.98. The summed E-state index contributed by atoms with van der Waals surface area (Å²) in [6.07, 6.45) is 0.775. The number of aromatic nitrogens is 2. The second-order valence-corrected chi connectivity index (χ2v) is 3.84. The number of anilines is 1. The Morgan fingerprint density at radius 2 is 2.19 bits per heavy atom. The summed E-state index contributed by atoms with van der Waals surface area (Å²) in [6, 6.07) is 1.80. The lowest BCUT2D eigenvalue weighted by molar-refractivity contribution is 0.232. The lowest BCUT2D eigenvalue weighted by Gasteiger charge is -2.11. The number of rotatable bonds is 6. The van der Waals surface area contributed by atoms with Crippen LogP contribution in [0, 0.1) is 6.92 Å². The number of hydrogen-bond donors (Lipinski definition) is 2. The maximum absolute atomic E-state index is 8.67. The SMILES string of the molecule is Cc1cc(OC(C)C)nc(NCCCO)n1. The van der Waals surface area contributed by atoms with Crippen LogP contribution in [-0.4, -0.2) is 34.3 Å². The van der Waals surface area contributed by atoms with Gasteiger partial charge in [0.1, 0.15) is 0 Å². The van der Waals surface area contributed by atoms with Crippen molar-refractivity contribution >= 4 is 5.95 Å². The van der Waals surface area contributed by atoms with Crippen LogP contribution in [0.25, 0.3) is 0 Å². The van der Waals surface area contributed by atoms with E-state index in [1.54, 1.807) is 6.07 Å². The van der Waals surface area contributed by atoms with Crippen LogP contribution in [-0.2, 0) is 0 Å². The van der Waals surface area contributed by atoms with Crippen molar-refractivity contribution in [1.82, 2.24) is 9.97 Å². The molecule has 0 bridgehead atoms. The van der Waals surface area contributed by atoms with Gasteiger partial charge >= 0.3 is 0 Å². The van der Waals surface area contributed by atoms with Crippen LogP contribution in [0.3, 0.4) is 0 Å². The van der Waals surface area contributed by atoms with Gasteiger partial charge in [-0.3, -0.25) is 0 Å². The molecule has 1 aromatic heterocycles. The van der Waals surface area contributed by atoms with Gasteiger partial charge in [-0.2, -0.15) is 4.98 Å². The van der Waals surface area contributed by atoms with Crippen molar-refractivity contribution in [3.8, 4) is 5.88 Å². The first-order valence-corrected chi connectivity index (χ1v) is 5.49. The minimum atomic E-state index is 0.0968. The molecule has 5 nitrogen and oxygen atoms in total. The number of hydrogen-bond acceptors (Lipinski definition) is 5. The van der Waals surface area contributed by atoms with E-state index in [4.69, 9.17) is 9.84 Å². The van der Waals surface area contributed by atoms with Gasteiger partial charge in [0, 0.05) is 24.9 Å². The van der Waals surface area contributed by atoms with Crippen molar-refractivity contribution in [2.24, 2.45) is 0 Å². The molecule has 2 N–H and O–H groups in total. The maximum atomic E-state index is 8.67. The standard InChI is InChI=1S/C11H19N3O2/c1-8(2)16-10-7-9(3)13-11(14-10)12-5-4-6-15/h7-8,15H,4-6H2,1-3H3,(H,12,13,14). The van der Waals surface area contributed by atoms with E-state index >= 15 is 0 Å². The van der Waals surface area contributed by atoms with Crippen LogP contribution >= 0.6 is 0 Å². The van der Waals surface area contributed by atoms with Gasteiger partial charge in [0.2, 0.25) is 11.8 Å². The summed E-state index contributed by atoms with van der Waals surface area (Å²) in [6.45, 7) is 6.62. The van der Waals surface area contributed by atoms with E-state index in [1.165, 1.54) is 0 Å². The zero-order valence-corrected chi connectivity index (χ0v) is 10.0. The second-order valence-electron chi connectivity index (χ2n) is 3.84. The van der Waals surface area contributed by atoms with Gasteiger partial charge in [-0.15, -0.1) is 0 Å². The molecule has 0 spiro atoms. The monoisotopic (exact) mass is 225 g/mol. The summed E-state index contributed by atoms with van der Waals surface area (Å²) in [5.74, 6) is 1.12. The average Bonchev–Trinajstić information content (AvgIpc) is 2.16. The first-order valence-electron chi connectivity index (χ1n) is 5.49. The highest BCUT2D eigenvalue weighted by atomic mass is 16.5. The lowest BCUT2D eigenvalue weighted by atomic mass is 10.4. The molecular formula is C11H19N3O2. The van der Waals surface area contributed by atoms with Crippen LogP contribution in [0.5, 0.6) is 5.88 Å². The van der Waals surface area contributed by atoms with Crippen molar-refractivity contribution in [3.05, 3.63) is 11.8 Å². The molecule has 0 aliphatic heterocycles. The highest BCUT2D eigenvalue weighted by molar-refractivity contribution is 5.30. The summed E-state index contributed by atoms with van der Waals surface area (Å²) in [5.41, 5.74) is 0.858. The van der Waals surface area contributed by atoms with E-state index in [0.29, 0.717) is 24.8 Å². The number of aliphatic hydroxyl groups is 1. The average molecular weight is 225 g/mol. The van der Waals surface area contributed by atoms with Crippen molar-refractivity contribution in [1.29, 1.82) is 0 Å². The molecule has 1 heterocycles. The van der Waals surface area contributed by atoms with Gasteiger partial charge < -0.3 is 15.2 Å². The predicted octanol–water partition coefficient (Wildman–Crippen LogP) is 1.37. The van der Waals surface area contributed by atoms with Gasteiger partial charge in [-0.25, -0.2) is 4.98 Å². The Bertz CT molecular complexity index is 329. The van der Waals surface area contributed by atoms with Crippen molar-refractivity contribution < 1.29 is 9.84 Å². The maximum Gasteiger partial charge on any atom is 0.226 e. The molecule has 0 aromatic carbocycles. The predicted molar refractivity (Wildman–Crippen MR) is 62.7 cm³/mol. The zero-order chi connectivity index (χ0) is 12.0. The first-order chi connectivity index (χ1) is 7.61. The molecule has 5 heteroatoms. The lowest BCUT2D eigenvalue weighted by Crippen LogP contribution is -2.11. The van der Waals surface area contributed by atoms with Gasteiger partial charge in [0.15, 0.2) is 0 Å². The zero-order valence-electron chi connectivity index (χ0n) is 10.0. The van der Waals surface area contributed by atoms with Gasteiger partial charge in [0.25, 0.3) is 0 Å². The molecule has 0 unspecified atom stereocenters. The number of nitrogens with one attached hydrogen (secondary N) is 1. The number of ether oxygens (including phenoxy) is 1. The number of aryl methyl sites for hydroxylation is 1. The van der Waals surface area contributed by atoms with E-state index in [9.17, 15) is 0 Å². The van der Waals surface area contributed by atoms with Gasteiger partial charge in [-0.05, 0) is 27.2 Å².